The van der Waals surface area contributed by atoms with Crippen LogP contribution in [0.25, 0.3) is 0 Å². The van der Waals surface area contributed by atoms with Gasteiger partial charge in [0.05, 0.1) is 6.26 Å². The molecule has 2 heterocycles. The molecule has 0 atom stereocenters. The van der Waals surface area contributed by atoms with Gasteiger partial charge in [-0.3, -0.25) is 9.79 Å². The Balaban J connectivity index is 1.44. The fourth-order valence-electron chi connectivity index (χ4n) is 3.26. The first-order valence-electron chi connectivity index (χ1n) is 9.37. The predicted molar refractivity (Wildman–Crippen MR) is 112 cm³/mol. The molecule has 0 saturated carbocycles. The zero-order valence-electron chi connectivity index (χ0n) is 16.2. The van der Waals surface area contributed by atoms with Gasteiger partial charge in [-0.15, -0.1) is 0 Å². The summed E-state index contributed by atoms with van der Waals surface area (Å²) in [4.78, 5) is 20.8. The molecule has 3 rings (SSSR count). The largest absolute Gasteiger partial charge is 0.459 e. The molecule has 1 aliphatic heterocycles. The number of hydrogen-bond donors (Lipinski definition) is 2. The average molecular weight is 404 g/mol. The maximum Gasteiger partial charge on any atom is 0.287 e. The monoisotopic (exact) mass is 403 g/mol. The Labute approximate surface area is 170 Å². The fraction of sp³-hybridized carbons (Fsp3) is 0.400. The van der Waals surface area contributed by atoms with Crippen molar-refractivity contribution in [1.82, 2.24) is 15.5 Å². The fourth-order valence-corrected chi connectivity index (χ4v) is 3.43. The average Bonchev–Trinajstić information content (AvgIpc) is 3.25. The van der Waals surface area contributed by atoms with E-state index in [1.54, 1.807) is 19.2 Å². The second kappa shape index (κ2) is 9.50. The Bertz CT molecular complexity index is 814. The molecule has 8 heteroatoms. The van der Waals surface area contributed by atoms with Crippen molar-refractivity contribution in [1.29, 1.82) is 0 Å². The maximum absolute atomic E-state index is 11.9. The van der Waals surface area contributed by atoms with E-state index in [1.165, 1.54) is 17.5 Å². The predicted octanol–water partition coefficient (Wildman–Crippen LogP) is 2.37. The third kappa shape index (κ3) is 4.98. The quantitative estimate of drug-likeness (QED) is 0.455. The van der Waals surface area contributed by atoms with E-state index in [0.29, 0.717) is 18.8 Å². The second-order valence-electron chi connectivity index (χ2n) is 6.61. The molecule has 2 N–H and O–H groups in total. The van der Waals surface area contributed by atoms with E-state index in [-0.39, 0.29) is 5.91 Å². The molecule has 0 aliphatic carbocycles. The van der Waals surface area contributed by atoms with Gasteiger partial charge in [-0.25, -0.2) is 0 Å². The number of halogens is 1. The van der Waals surface area contributed by atoms with Crippen molar-refractivity contribution in [3.63, 3.8) is 0 Å². The summed E-state index contributed by atoms with van der Waals surface area (Å²) in [5.74, 6) is 0.943. The Morgan fingerprint density at radius 3 is 2.61 bits per heavy atom. The number of aliphatic imine (C=N–C) groups is 1. The van der Waals surface area contributed by atoms with Crippen LogP contribution in [0.15, 0.2) is 46.0 Å². The van der Waals surface area contributed by atoms with Crippen LogP contribution in [0, 0.1) is 6.92 Å². The molecule has 7 nitrogen and oxygen atoms in total. The number of amides is 1. The Morgan fingerprint density at radius 1 is 1.18 bits per heavy atom. The zero-order chi connectivity index (χ0) is 19.9. The van der Waals surface area contributed by atoms with Crippen LogP contribution in [-0.2, 0) is 0 Å². The van der Waals surface area contributed by atoms with Gasteiger partial charge in [0.25, 0.3) is 5.91 Å². The summed E-state index contributed by atoms with van der Waals surface area (Å²) in [5.41, 5.74) is 2.42. The van der Waals surface area contributed by atoms with Crippen LogP contribution in [0.4, 0.5) is 5.69 Å². The van der Waals surface area contributed by atoms with Gasteiger partial charge in [0.1, 0.15) is 0 Å². The van der Waals surface area contributed by atoms with Crippen LogP contribution < -0.4 is 15.5 Å². The lowest BCUT2D eigenvalue weighted by Gasteiger charge is -2.38. The van der Waals surface area contributed by atoms with Gasteiger partial charge >= 0.3 is 0 Å². The summed E-state index contributed by atoms with van der Waals surface area (Å²) in [6.45, 7) is 6.71. The van der Waals surface area contributed by atoms with Crippen LogP contribution >= 0.6 is 11.6 Å². The molecule has 1 amide bonds. The van der Waals surface area contributed by atoms with Crippen molar-refractivity contribution in [2.45, 2.75) is 6.92 Å². The number of carbonyl (C=O) groups excluding carboxylic acids is 1. The Hall–Kier alpha value is -2.67. The van der Waals surface area contributed by atoms with Crippen LogP contribution in [0.2, 0.25) is 5.02 Å². The number of carbonyl (C=O) groups is 1. The number of aryl methyl sites for hydroxylation is 1. The van der Waals surface area contributed by atoms with E-state index < -0.39 is 0 Å². The van der Waals surface area contributed by atoms with Gasteiger partial charge in [-0.2, -0.15) is 0 Å². The van der Waals surface area contributed by atoms with Crippen LogP contribution in [0.1, 0.15) is 16.1 Å². The lowest BCUT2D eigenvalue weighted by Crippen LogP contribution is -2.53. The minimum Gasteiger partial charge on any atom is -0.459 e. The van der Waals surface area contributed by atoms with Gasteiger partial charge in [0, 0.05) is 57.0 Å². The van der Waals surface area contributed by atoms with Gasteiger partial charge in [0.15, 0.2) is 11.7 Å². The molecule has 150 valence electrons. The molecule has 1 aromatic heterocycles. The highest BCUT2D eigenvalue weighted by molar-refractivity contribution is 6.30. The number of hydrogen-bond acceptors (Lipinski definition) is 4. The first kappa shape index (κ1) is 20.1. The number of nitrogens with one attached hydrogen (secondary N) is 2. The highest BCUT2D eigenvalue weighted by atomic mass is 35.5. The molecule has 1 fully saturated rings. The summed E-state index contributed by atoms with van der Waals surface area (Å²) in [6.07, 6.45) is 1.49. The van der Waals surface area contributed by atoms with Gasteiger partial charge < -0.3 is 24.9 Å². The van der Waals surface area contributed by atoms with Crippen molar-refractivity contribution in [2.24, 2.45) is 4.99 Å². The molecule has 1 saturated heterocycles. The number of furan rings is 1. The Morgan fingerprint density at radius 2 is 1.93 bits per heavy atom. The van der Waals surface area contributed by atoms with E-state index >= 15 is 0 Å². The third-order valence-corrected chi connectivity index (χ3v) is 4.98. The second-order valence-corrected chi connectivity index (χ2v) is 7.05. The van der Waals surface area contributed by atoms with E-state index in [0.717, 1.165) is 37.2 Å². The van der Waals surface area contributed by atoms with Gasteiger partial charge in [0.2, 0.25) is 0 Å². The summed E-state index contributed by atoms with van der Waals surface area (Å²) < 4.78 is 5.07. The minimum atomic E-state index is -0.215. The van der Waals surface area contributed by atoms with Crippen molar-refractivity contribution < 1.29 is 9.21 Å². The molecule has 2 aromatic rings. The molecule has 1 aromatic carbocycles. The van der Waals surface area contributed by atoms with Crippen LogP contribution in [0.5, 0.6) is 0 Å². The topological polar surface area (TPSA) is 73.1 Å². The first-order chi connectivity index (χ1) is 13.6. The molecule has 0 bridgehead atoms. The van der Waals surface area contributed by atoms with Crippen molar-refractivity contribution in [3.8, 4) is 0 Å². The zero-order valence-corrected chi connectivity index (χ0v) is 17.0. The van der Waals surface area contributed by atoms with Crippen LogP contribution in [-0.4, -0.2) is 63.1 Å². The van der Waals surface area contributed by atoms with E-state index in [2.05, 4.69) is 38.4 Å². The number of rotatable bonds is 5. The molecular formula is C20H26ClN5O2. The maximum atomic E-state index is 11.9. The van der Waals surface area contributed by atoms with Gasteiger partial charge in [-0.1, -0.05) is 17.7 Å². The molecule has 0 radical (unpaired) electrons. The number of piperazine rings is 1. The van der Waals surface area contributed by atoms with E-state index in [9.17, 15) is 4.79 Å². The van der Waals surface area contributed by atoms with Gasteiger partial charge in [-0.05, 0) is 36.8 Å². The number of anilines is 1. The molecule has 28 heavy (non-hydrogen) atoms. The van der Waals surface area contributed by atoms with Crippen molar-refractivity contribution in [2.75, 3.05) is 51.2 Å². The summed E-state index contributed by atoms with van der Waals surface area (Å²) in [7, 11) is 1.78. The smallest absolute Gasteiger partial charge is 0.287 e. The lowest BCUT2D eigenvalue weighted by atomic mass is 10.1. The molecule has 0 unspecified atom stereocenters. The van der Waals surface area contributed by atoms with Crippen molar-refractivity contribution in [3.05, 3.63) is 52.9 Å². The lowest BCUT2D eigenvalue weighted by molar-refractivity contribution is 0.0926. The van der Waals surface area contributed by atoms with E-state index in [4.69, 9.17) is 16.0 Å². The number of benzene rings is 1. The summed E-state index contributed by atoms with van der Waals surface area (Å²) >= 11 is 6.16. The summed E-state index contributed by atoms with van der Waals surface area (Å²) in [5, 5.41) is 6.89. The standard InChI is InChI=1S/C20H26ClN5O2/c1-15-5-6-16(21)14-17(15)25-9-11-26(12-10-25)20(22-2)24-8-7-23-19(27)18-4-3-13-28-18/h3-6,13-14H,7-12H2,1-2H3,(H,22,24)(H,23,27). The SMILES string of the molecule is CN=C(NCCNC(=O)c1ccco1)N1CCN(c2cc(Cl)ccc2C)CC1. The number of nitrogens with zero attached hydrogens (tertiary/aromatic N) is 3. The third-order valence-electron chi connectivity index (χ3n) is 4.74. The highest BCUT2D eigenvalue weighted by Gasteiger charge is 2.21. The van der Waals surface area contributed by atoms with E-state index in [1.807, 2.05) is 12.1 Å². The molecular weight excluding hydrogens is 378 g/mol. The minimum absolute atomic E-state index is 0.215. The van der Waals surface area contributed by atoms with Crippen molar-refractivity contribution >= 4 is 29.2 Å². The van der Waals surface area contributed by atoms with Crippen LogP contribution in [0.3, 0.4) is 0 Å². The number of guanidine groups is 1. The highest BCUT2D eigenvalue weighted by Crippen LogP contribution is 2.25. The molecule has 1 aliphatic rings. The first-order valence-corrected chi connectivity index (χ1v) is 9.74. The summed E-state index contributed by atoms with van der Waals surface area (Å²) in [6, 6.07) is 9.35. The Kier molecular flexibility index (Phi) is 6.81. The normalized spacial score (nSPS) is 14.9. The molecule has 0 spiro atoms.